The van der Waals surface area contributed by atoms with Gasteiger partial charge in [-0.15, -0.1) is 0 Å². The van der Waals surface area contributed by atoms with E-state index in [4.69, 9.17) is 0 Å². The zero-order chi connectivity index (χ0) is 18.5. The lowest BCUT2D eigenvalue weighted by Crippen LogP contribution is -2.46. The summed E-state index contributed by atoms with van der Waals surface area (Å²) in [6, 6.07) is 1.84. The second-order valence-electron chi connectivity index (χ2n) is 7.48. The molecule has 2 aliphatic rings. The topological polar surface area (TPSA) is 91.3 Å². The second-order valence-corrected chi connectivity index (χ2v) is 7.48. The number of rotatable bonds is 6. The SMILES string of the molecule is Cc1cc(NC(=O)CN2CCCC(CNC(=O)C3CCCN3)C2)n(C)n1. The maximum atomic E-state index is 12.3. The van der Waals surface area contributed by atoms with Crippen molar-refractivity contribution in [2.45, 2.75) is 38.6 Å². The molecule has 2 amide bonds. The largest absolute Gasteiger partial charge is 0.354 e. The second kappa shape index (κ2) is 8.64. The Kier molecular flexibility index (Phi) is 6.26. The summed E-state index contributed by atoms with van der Waals surface area (Å²) < 4.78 is 1.68. The molecule has 1 aromatic heterocycles. The van der Waals surface area contributed by atoms with Crippen LogP contribution in [0.4, 0.5) is 5.82 Å². The third kappa shape index (κ3) is 5.04. The number of piperidine rings is 1. The van der Waals surface area contributed by atoms with E-state index < -0.39 is 0 Å². The minimum Gasteiger partial charge on any atom is -0.354 e. The average molecular weight is 362 g/mol. The van der Waals surface area contributed by atoms with E-state index in [1.807, 2.05) is 20.0 Å². The van der Waals surface area contributed by atoms with Gasteiger partial charge in [-0.25, -0.2) is 0 Å². The summed E-state index contributed by atoms with van der Waals surface area (Å²) in [7, 11) is 1.82. The van der Waals surface area contributed by atoms with E-state index in [0.29, 0.717) is 19.0 Å². The number of aryl methyl sites for hydroxylation is 2. The Labute approximate surface area is 154 Å². The lowest BCUT2D eigenvalue weighted by Gasteiger charge is -2.32. The first kappa shape index (κ1) is 18.8. The molecule has 0 radical (unpaired) electrons. The van der Waals surface area contributed by atoms with E-state index in [0.717, 1.165) is 56.8 Å². The number of amides is 2. The van der Waals surface area contributed by atoms with E-state index in [1.165, 1.54) is 0 Å². The van der Waals surface area contributed by atoms with E-state index in [2.05, 4.69) is 25.9 Å². The number of hydrogen-bond acceptors (Lipinski definition) is 5. The number of nitrogens with zero attached hydrogens (tertiary/aromatic N) is 3. The van der Waals surface area contributed by atoms with Crippen LogP contribution in [0.25, 0.3) is 0 Å². The van der Waals surface area contributed by atoms with Gasteiger partial charge in [0, 0.05) is 26.2 Å². The van der Waals surface area contributed by atoms with Gasteiger partial charge in [0.05, 0.1) is 18.3 Å². The smallest absolute Gasteiger partial charge is 0.239 e. The molecule has 3 heterocycles. The highest BCUT2D eigenvalue weighted by atomic mass is 16.2. The van der Waals surface area contributed by atoms with Crippen molar-refractivity contribution in [1.29, 1.82) is 0 Å². The lowest BCUT2D eigenvalue weighted by atomic mass is 9.98. The minimum atomic E-state index is -0.0252. The predicted octanol–water partition coefficient (Wildman–Crippen LogP) is 0.247. The third-order valence-corrected chi connectivity index (χ3v) is 5.18. The number of hydrogen-bond donors (Lipinski definition) is 3. The molecule has 26 heavy (non-hydrogen) atoms. The van der Waals surface area contributed by atoms with Gasteiger partial charge in [0.15, 0.2) is 0 Å². The van der Waals surface area contributed by atoms with E-state index in [1.54, 1.807) is 4.68 Å². The standard InChI is InChI=1S/C18H30N6O2/c1-13-9-16(23(2)22-13)21-17(25)12-24-8-4-5-14(11-24)10-20-18(26)15-6-3-7-19-15/h9,14-15,19H,3-8,10-12H2,1-2H3,(H,20,26)(H,21,25). The van der Waals surface area contributed by atoms with Crippen molar-refractivity contribution in [3.63, 3.8) is 0 Å². The summed E-state index contributed by atoms with van der Waals surface area (Å²) in [5, 5.41) is 13.5. The van der Waals surface area contributed by atoms with Crippen LogP contribution in [-0.2, 0) is 16.6 Å². The molecule has 3 N–H and O–H groups in total. The van der Waals surface area contributed by atoms with Crippen LogP contribution in [0.2, 0.25) is 0 Å². The first-order valence-corrected chi connectivity index (χ1v) is 9.55. The fraction of sp³-hybridized carbons (Fsp3) is 0.722. The quantitative estimate of drug-likeness (QED) is 0.675. The molecule has 2 saturated heterocycles. The van der Waals surface area contributed by atoms with Crippen molar-refractivity contribution in [2.24, 2.45) is 13.0 Å². The summed E-state index contributed by atoms with van der Waals surface area (Å²) in [4.78, 5) is 26.6. The maximum absolute atomic E-state index is 12.3. The summed E-state index contributed by atoms with van der Waals surface area (Å²) in [5.74, 6) is 1.22. The summed E-state index contributed by atoms with van der Waals surface area (Å²) >= 11 is 0. The van der Waals surface area contributed by atoms with Gasteiger partial charge in [-0.3, -0.25) is 19.2 Å². The third-order valence-electron chi connectivity index (χ3n) is 5.18. The van der Waals surface area contributed by atoms with Gasteiger partial charge in [0.1, 0.15) is 5.82 Å². The van der Waals surface area contributed by atoms with Crippen LogP contribution in [0.1, 0.15) is 31.4 Å². The summed E-state index contributed by atoms with van der Waals surface area (Å²) in [6.07, 6.45) is 4.15. The predicted molar refractivity (Wildman–Crippen MR) is 99.8 cm³/mol. The molecule has 1 aromatic rings. The number of aromatic nitrogens is 2. The lowest BCUT2D eigenvalue weighted by molar-refractivity contribution is -0.123. The summed E-state index contributed by atoms with van der Waals surface area (Å²) in [5.41, 5.74) is 0.883. The van der Waals surface area contributed by atoms with Gasteiger partial charge in [-0.1, -0.05) is 0 Å². The fourth-order valence-electron chi connectivity index (χ4n) is 3.85. The van der Waals surface area contributed by atoms with Crippen molar-refractivity contribution in [3.05, 3.63) is 11.8 Å². The molecule has 8 nitrogen and oxygen atoms in total. The van der Waals surface area contributed by atoms with Crippen LogP contribution in [0.15, 0.2) is 6.07 Å². The normalized spacial score (nSPS) is 23.8. The monoisotopic (exact) mass is 362 g/mol. The highest BCUT2D eigenvalue weighted by molar-refractivity contribution is 5.91. The van der Waals surface area contributed by atoms with Crippen molar-refractivity contribution >= 4 is 17.6 Å². The van der Waals surface area contributed by atoms with Crippen LogP contribution in [0.5, 0.6) is 0 Å². The molecular formula is C18H30N6O2. The molecule has 0 aromatic carbocycles. The van der Waals surface area contributed by atoms with E-state index >= 15 is 0 Å². The van der Waals surface area contributed by atoms with Gasteiger partial charge in [0.2, 0.25) is 11.8 Å². The Morgan fingerprint density at radius 2 is 2.19 bits per heavy atom. The zero-order valence-corrected chi connectivity index (χ0v) is 15.8. The molecule has 2 aliphatic heterocycles. The van der Waals surface area contributed by atoms with Gasteiger partial charge >= 0.3 is 0 Å². The Balaban J connectivity index is 1.42. The molecule has 0 spiro atoms. The van der Waals surface area contributed by atoms with Crippen molar-refractivity contribution in [1.82, 2.24) is 25.3 Å². The first-order valence-electron chi connectivity index (χ1n) is 9.55. The molecule has 2 atom stereocenters. The summed E-state index contributed by atoms with van der Waals surface area (Å²) in [6.45, 7) is 5.67. The molecule has 0 bridgehead atoms. The highest BCUT2D eigenvalue weighted by Crippen LogP contribution is 2.16. The fourth-order valence-corrected chi connectivity index (χ4v) is 3.85. The minimum absolute atomic E-state index is 0.0205. The van der Waals surface area contributed by atoms with Crippen molar-refractivity contribution < 1.29 is 9.59 Å². The van der Waals surface area contributed by atoms with Crippen LogP contribution in [0.3, 0.4) is 0 Å². The van der Waals surface area contributed by atoms with Crippen LogP contribution in [0, 0.1) is 12.8 Å². The molecule has 144 valence electrons. The Hall–Kier alpha value is -1.93. The van der Waals surface area contributed by atoms with Gasteiger partial charge in [0.25, 0.3) is 0 Å². The van der Waals surface area contributed by atoms with E-state index in [9.17, 15) is 9.59 Å². The Morgan fingerprint density at radius 3 is 2.88 bits per heavy atom. The number of nitrogens with one attached hydrogen (secondary N) is 3. The van der Waals surface area contributed by atoms with E-state index in [-0.39, 0.29) is 17.9 Å². The molecular weight excluding hydrogens is 332 g/mol. The molecule has 0 aliphatic carbocycles. The molecule has 0 saturated carbocycles. The van der Waals surface area contributed by atoms with Crippen molar-refractivity contribution in [3.8, 4) is 0 Å². The molecule has 2 fully saturated rings. The van der Waals surface area contributed by atoms with Gasteiger partial charge < -0.3 is 16.0 Å². The maximum Gasteiger partial charge on any atom is 0.239 e. The van der Waals surface area contributed by atoms with Crippen LogP contribution in [-0.4, -0.2) is 65.3 Å². The van der Waals surface area contributed by atoms with Gasteiger partial charge in [-0.05, 0) is 51.6 Å². The Morgan fingerprint density at radius 1 is 1.35 bits per heavy atom. The first-order chi connectivity index (χ1) is 12.5. The number of carbonyl (C=O) groups excluding carboxylic acids is 2. The molecule has 8 heteroatoms. The number of carbonyl (C=O) groups is 2. The molecule has 3 rings (SSSR count). The zero-order valence-electron chi connectivity index (χ0n) is 15.8. The van der Waals surface area contributed by atoms with Crippen molar-refractivity contribution in [2.75, 3.05) is 38.0 Å². The van der Waals surface area contributed by atoms with Gasteiger partial charge in [-0.2, -0.15) is 5.10 Å². The van der Waals surface area contributed by atoms with Crippen LogP contribution >= 0.6 is 0 Å². The number of likely N-dealkylation sites (tertiary alicyclic amines) is 1. The number of anilines is 1. The highest BCUT2D eigenvalue weighted by Gasteiger charge is 2.25. The average Bonchev–Trinajstić information content (AvgIpc) is 3.23. The Bertz CT molecular complexity index is 638. The molecule has 2 unspecified atom stereocenters. The van der Waals surface area contributed by atoms with Crippen LogP contribution < -0.4 is 16.0 Å².